The van der Waals surface area contributed by atoms with Crippen molar-refractivity contribution >= 4 is 52.5 Å². The SMILES string of the molecule is O=C1NC(=S)N(c2ccc(Oc3ccccc3)cc2)C(=O)/C1=C/c1ccc(OCc2cccc(Cl)c2)cc1. The molecule has 0 saturated carbocycles. The summed E-state index contributed by atoms with van der Waals surface area (Å²) in [6.07, 6.45) is 1.53. The number of thiocarbonyl (C=S) groups is 1. The Bertz CT molecular complexity index is 1520. The van der Waals surface area contributed by atoms with Gasteiger partial charge >= 0.3 is 0 Å². The molecule has 8 heteroatoms. The number of hydrogen-bond donors (Lipinski definition) is 1. The van der Waals surface area contributed by atoms with E-state index >= 15 is 0 Å². The minimum atomic E-state index is -0.554. The number of carbonyl (C=O) groups excluding carboxylic acids is 2. The molecule has 0 unspecified atom stereocenters. The Hall–Kier alpha value is -4.46. The van der Waals surface area contributed by atoms with Gasteiger partial charge in [0.05, 0.1) is 5.69 Å². The van der Waals surface area contributed by atoms with Gasteiger partial charge in [-0.05, 0) is 90.1 Å². The highest BCUT2D eigenvalue weighted by Gasteiger charge is 2.34. The molecule has 4 aromatic carbocycles. The predicted octanol–water partition coefficient (Wildman–Crippen LogP) is 6.54. The van der Waals surface area contributed by atoms with E-state index in [1.54, 1.807) is 54.6 Å². The van der Waals surface area contributed by atoms with Crippen molar-refractivity contribution in [1.29, 1.82) is 0 Å². The van der Waals surface area contributed by atoms with E-state index in [1.807, 2.05) is 48.5 Å². The maximum Gasteiger partial charge on any atom is 0.270 e. The molecule has 0 atom stereocenters. The minimum Gasteiger partial charge on any atom is -0.489 e. The van der Waals surface area contributed by atoms with Gasteiger partial charge in [0.2, 0.25) is 0 Å². The predicted molar refractivity (Wildman–Crippen MR) is 151 cm³/mol. The molecule has 1 aliphatic rings. The van der Waals surface area contributed by atoms with Crippen LogP contribution in [0.25, 0.3) is 6.08 Å². The third-order valence-electron chi connectivity index (χ3n) is 5.66. The Balaban J connectivity index is 1.29. The van der Waals surface area contributed by atoms with Gasteiger partial charge in [0.15, 0.2) is 5.11 Å². The first-order valence-electron chi connectivity index (χ1n) is 11.7. The normalized spacial score (nSPS) is 14.4. The molecule has 4 aromatic rings. The van der Waals surface area contributed by atoms with Crippen LogP contribution in [-0.2, 0) is 16.2 Å². The lowest BCUT2D eigenvalue weighted by Crippen LogP contribution is -2.54. The molecule has 1 fully saturated rings. The highest BCUT2D eigenvalue weighted by atomic mass is 35.5. The van der Waals surface area contributed by atoms with E-state index < -0.39 is 11.8 Å². The molecule has 1 aliphatic heterocycles. The second kappa shape index (κ2) is 11.3. The van der Waals surface area contributed by atoms with Crippen molar-refractivity contribution < 1.29 is 19.1 Å². The molecule has 1 N–H and O–H groups in total. The van der Waals surface area contributed by atoms with Gasteiger partial charge in [-0.2, -0.15) is 0 Å². The Morgan fingerprint density at radius 3 is 2.21 bits per heavy atom. The first kappa shape index (κ1) is 25.2. The highest BCUT2D eigenvalue weighted by Crippen LogP contribution is 2.27. The summed E-state index contributed by atoms with van der Waals surface area (Å²) in [5.74, 6) is 0.876. The van der Waals surface area contributed by atoms with Gasteiger partial charge in [-0.25, -0.2) is 0 Å². The number of halogens is 1. The number of nitrogens with one attached hydrogen (secondary N) is 1. The molecule has 0 radical (unpaired) electrons. The van der Waals surface area contributed by atoms with E-state index in [2.05, 4.69) is 5.32 Å². The summed E-state index contributed by atoms with van der Waals surface area (Å²) in [6, 6.07) is 30.8. The van der Waals surface area contributed by atoms with Crippen LogP contribution in [0.3, 0.4) is 0 Å². The molecule has 0 spiro atoms. The molecular weight excluding hydrogens is 520 g/mol. The smallest absolute Gasteiger partial charge is 0.270 e. The monoisotopic (exact) mass is 540 g/mol. The Morgan fingerprint density at radius 2 is 1.50 bits per heavy atom. The topological polar surface area (TPSA) is 67.9 Å². The fraction of sp³-hybridized carbons (Fsp3) is 0.0333. The van der Waals surface area contributed by atoms with E-state index in [0.29, 0.717) is 40.1 Å². The summed E-state index contributed by atoms with van der Waals surface area (Å²) in [6.45, 7) is 0.365. The second-order valence-electron chi connectivity index (χ2n) is 8.35. The summed E-state index contributed by atoms with van der Waals surface area (Å²) in [4.78, 5) is 27.3. The number of para-hydroxylation sites is 1. The molecule has 0 bridgehead atoms. The molecule has 188 valence electrons. The van der Waals surface area contributed by atoms with Crippen LogP contribution in [0.4, 0.5) is 5.69 Å². The highest BCUT2D eigenvalue weighted by molar-refractivity contribution is 7.80. The summed E-state index contributed by atoms with van der Waals surface area (Å²) < 4.78 is 11.6. The maximum absolute atomic E-state index is 13.3. The average molecular weight is 541 g/mol. The van der Waals surface area contributed by atoms with E-state index in [1.165, 1.54) is 11.0 Å². The molecule has 0 aromatic heterocycles. The standard InChI is InChI=1S/C30H21ClN2O4S/c31-22-6-4-5-21(17-22)19-36-24-13-9-20(10-14-24)18-27-28(34)32-30(38)33(29(27)35)23-11-15-26(16-12-23)37-25-7-2-1-3-8-25/h1-18H,19H2,(H,32,34,38)/b27-18+. The number of carbonyl (C=O) groups is 2. The molecule has 1 heterocycles. The zero-order valence-corrected chi connectivity index (χ0v) is 21.5. The largest absolute Gasteiger partial charge is 0.489 e. The Morgan fingerprint density at radius 1 is 0.816 bits per heavy atom. The first-order chi connectivity index (χ1) is 18.5. The number of rotatable bonds is 7. The third-order valence-corrected chi connectivity index (χ3v) is 6.18. The number of ether oxygens (including phenoxy) is 2. The van der Waals surface area contributed by atoms with Crippen LogP contribution in [0.5, 0.6) is 17.2 Å². The summed E-state index contributed by atoms with van der Waals surface area (Å²) >= 11 is 11.3. The quantitative estimate of drug-likeness (QED) is 0.164. The van der Waals surface area contributed by atoms with Gasteiger partial charge in [-0.15, -0.1) is 0 Å². The maximum atomic E-state index is 13.3. The molecule has 0 aliphatic carbocycles. The van der Waals surface area contributed by atoms with Crippen molar-refractivity contribution in [2.75, 3.05) is 4.90 Å². The van der Waals surface area contributed by atoms with Crippen LogP contribution in [0.1, 0.15) is 11.1 Å². The van der Waals surface area contributed by atoms with Crippen molar-refractivity contribution in [2.45, 2.75) is 6.61 Å². The number of benzene rings is 4. The van der Waals surface area contributed by atoms with Gasteiger partial charge in [0.25, 0.3) is 11.8 Å². The van der Waals surface area contributed by atoms with Crippen LogP contribution in [0.15, 0.2) is 109 Å². The number of amides is 2. The first-order valence-corrected chi connectivity index (χ1v) is 12.5. The van der Waals surface area contributed by atoms with Crippen molar-refractivity contribution in [3.63, 3.8) is 0 Å². The zero-order valence-electron chi connectivity index (χ0n) is 20.0. The molecule has 1 saturated heterocycles. The number of nitrogens with zero attached hydrogens (tertiary/aromatic N) is 1. The van der Waals surface area contributed by atoms with E-state index in [-0.39, 0.29) is 10.7 Å². The lowest BCUT2D eigenvalue weighted by molar-refractivity contribution is -0.122. The summed E-state index contributed by atoms with van der Waals surface area (Å²) in [5.41, 5.74) is 2.09. The summed E-state index contributed by atoms with van der Waals surface area (Å²) in [5, 5.41) is 3.26. The molecule has 6 nitrogen and oxygen atoms in total. The molecule has 2 amide bonds. The lowest BCUT2D eigenvalue weighted by Gasteiger charge is -2.29. The van der Waals surface area contributed by atoms with Gasteiger partial charge in [0.1, 0.15) is 29.4 Å². The number of anilines is 1. The van der Waals surface area contributed by atoms with E-state index in [9.17, 15) is 9.59 Å². The van der Waals surface area contributed by atoms with Crippen molar-refractivity contribution in [3.8, 4) is 17.2 Å². The van der Waals surface area contributed by atoms with Crippen molar-refractivity contribution in [1.82, 2.24) is 5.32 Å². The number of hydrogen-bond acceptors (Lipinski definition) is 5. The van der Waals surface area contributed by atoms with Crippen LogP contribution in [0.2, 0.25) is 5.02 Å². The van der Waals surface area contributed by atoms with E-state index in [0.717, 1.165) is 5.56 Å². The van der Waals surface area contributed by atoms with Crippen molar-refractivity contribution in [2.24, 2.45) is 0 Å². The van der Waals surface area contributed by atoms with Crippen molar-refractivity contribution in [3.05, 3.63) is 125 Å². The summed E-state index contributed by atoms with van der Waals surface area (Å²) in [7, 11) is 0. The van der Waals surface area contributed by atoms with Gasteiger partial charge in [0, 0.05) is 5.02 Å². The Kier molecular flexibility index (Phi) is 7.49. The molecular formula is C30H21ClN2O4S. The van der Waals surface area contributed by atoms with Crippen LogP contribution < -0.4 is 19.7 Å². The van der Waals surface area contributed by atoms with Gasteiger partial charge < -0.3 is 9.47 Å². The van der Waals surface area contributed by atoms with Crippen LogP contribution in [0, 0.1) is 0 Å². The van der Waals surface area contributed by atoms with Crippen LogP contribution >= 0.6 is 23.8 Å². The second-order valence-corrected chi connectivity index (χ2v) is 9.18. The minimum absolute atomic E-state index is 0.0126. The van der Waals surface area contributed by atoms with Gasteiger partial charge in [-0.3, -0.25) is 19.8 Å². The fourth-order valence-corrected chi connectivity index (χ4v) is 4.29. The fourth-order valence-electron chi connectivity index (χ4n) is 3.80. The van der Waals surface area contributed by atoms with E-state index in [4.69, 9.17) is 33.3 Å². The Labute approximate surface area is 230 Å². The zero-order chi connectivity index (χ0) is 26.5. The van der Waals surface area contributed by atoms with Gasteiger partial charge in [-0.1, -0.05) is 54.1 Å². The lowest BCUT2D eigenvalue weighted by atomic mass is 10.1. The third kappa shape index (κ3) is 5.91. The average Bonchev–Trinajstić information content (AvgIpc) is 2.92. The van der Waals surface area contributed by atoms with Crippen LogP contribution in [-0.4, -0.2) is 16.9 Å². The molecule has 38 heavy (non-hydrogen) atoms. The molecule has 5 rings (SSSR count).